The minimum atomic E-state index is 0.0669. The van der Waals surface area contributed by atoms with Crippen LogP contribution in [0.5, 0.6) is 0 Å². The average Bonchev–Trinajstić information content (AvgIpc) is 3.13. The van der Waals surface area contributed by atoms with E-state index in [2.05, 4.69) is 6.58 Å². The lowest BCUT2D eigenvalue weighted by Gasteiger charge is -2.22. The number of carbonyl (C=O) groups is 1. The summed E-state index contributed by atoms with van der Waals surface area (Å²) in [6, 6.07) is 5.88. The van der Waals surface area contributed by atoms with E-state index in [1.54, 1.807) is 6.08 Å². The van der Waals surface area contributed by atoms with Gasteiger partial charge in [0.15, 0.2) is 0 Å². The van der Waals surface area contributed by atoms with E-state index in [0.717, 1.165) is 18.4 Å². The van der Waals surface area contributed by atoms with Gasteiger partial charge < -0.3 is 10.6 Å². The van der Waals surface area contributed by atoms with Gasteiger partial charge in [0.2, 0.25) is 0 Å². The number of rotatable bonds is 4. The van der Waals surface area contributed by atoms with Crippen molar-refractivity contribution in [1.82, 2.24) is 4.90 Å². The van der Waals surface area contributed by atoms with Crippen molar-refractivity contribution in [3.05, 3.63) is 42.0 Å². The van der Waals surface area contributed by atoms with E-state index in [-0.39, 0.29) is 5.91 Å². The molecule has 1 saturated carbocycles. The van der Waals surface area contributed by atoms with Gasteiger partial charge in [-0.2, -0.15) is 0 Å². The maximum Gasteiger partial charge on any atom is 0.254 e. The molecule has 17 heavy (non-hydrogen) atoms. The molecule has 0 aromatic heterocycles. The fourth-order valence-corrected chi connectivity index (χ4v) is 1.96. The Morgan fingerprint density at radius 2 is 2.29 bits per heavy atom. The molecule has 1 amide bonds. The van der Waals surface area contributed by atoms with E-state index < -0.39 is 0 Å². The van der Waals surface area contributed by atoms with Gasteiger partial charge >= 0.3 is 0 Å². The van der Waals surface area contributed by atoms with E-state index >= 15 is 0 Å². The first-order valence-electron chi connectivity index (χ1n) is 5.92. The second-order valence-corrected chi connectivity index (χ2v) is 4.50. The molecule has 0 unspecified atom stereocenters. The molecule has 0 radical (unpaired) electrons. The van der Waals surface area contributed by atoms with Crippen LogP contribution in [0.25, 0.3) is 0 Å². The van der Waals surface area contributed by atoms with Crippen LogP contribution in [0.4, 0.5) is 5.69 Å². The van der Waals surface area contributed by atoms with Crippen LogP contribution in [0.2, 0.25) is 0 Å². The Hall–Kier alpha value is -1.77. The normalized spacial score (nSPS) is 14.4. The number of hydrogen-bond donors (Lipinski definition) is 1. The fraction of sp³-hybridized carbons (Fsp3) is 0.357. The Labute approximate surface area is 102 Å². The van der Waals surface area contributed by atoms with E-state index in [4.69, 9.17) is 5.73 Å². The molecule has 1 aromatic rings. The zero-order chi connectivity index (χ0) is 12.4. The zero-order valence-corrected chi connectivity index (χ0v) is 10.1. The van der Waals surface area contributed by atoms with Crippen molar-refractivity contribution in [2.24, 2.45) is 0 Å². The molecule has 1 aliphatic carbocycles. The first kappa shape index (κ1) is 11.7. The highest BCUT2D eigenvalue weighted by atomic mass is 16.2. The molecule has 2 rings (SSSR count). The second-order valence-electron chi connectivity index (χ2n) is 4.50. The monoisotopic (exact) mass is 230 g/mol. The highest BCUT2D eigenvalue weighted by Gasteiger charge is 2.32. The average molecular weight is 230 g/mol. The number of nitrogens with zero attached hydrogens (tertiary/aromatic N) is 1. The molecule has 0 bridgehead atoms. The van der Waals surface area contributed by atoms with E-state index in [1.807, 2.05) is 30.0 Å². The van der Waals surface area contributed by atoms with Crippen LogP contribution in [0.1, 0.15) is 28.8 Å². The van der Waals surface area contributed by atoms with Crippen molar-refractivity contribution in [3.63, 3.8) is 0 Å². The smallest absolute Gasteiger partial charge is 0.254 e. The minimum Gasteiger partial charge on any atom is -0.398 e. The van der Waals surface area contributed by atoms with E-state index in [1.165, 1.54) is 0 Å². The summed E-state index contributed by atoms with van der Waals surface area (Å²) in [7, 11) is 0. The third-order valence-electron chi connectivity index (χ3n) is 3.18. The zero-order valence-electron chi connectivity index (χ0n) is 10.1. The van der Waals surface area contributed by atoms with E-state index in [0.29, 0.717) is 23.8 Å². The first-order chi connectivity index (χ1) is 8.15. The summed E-state index contributed by atoms with van der Waals surface area (Å²) in [5.74, 6) is 0.0669. The van der Waals surface area contributed by atoms with Crippen molar-refractivity contribution in [2.45, 2.75) is 25.8 Å². The van der Waals surface area contributed by atoms with Gasteiger partial charge in [-0.1, -0.05) is 12.1 Å². The van der Waals surface area contributed by atoms with Gasteiger partial charge in [0.05, 0.1) is 0 Å². The summed E-state index contributed by atoms with van der Waals surface area (Å²) in [5.41, 5.74) is 8.08. The molecule has 3 heteroatoms. The van der Waals surface area contributed by atoms with Crippen LogP contribution >= 0.6 is 0 Å². The maximum absolute atomic E-state index is 12.4. The minimum absolute atomic E-state index is 0.0669. The second kappa shape index (κ2) is 4.62. The third kappa shape index (κ3) is 2.33. The molecule has 1 aliphatic rings. The summed E-state index contributed by atoms with van der Waals surface area (Å²) >= 11 is 0. The van der Waals surface area contributed by atoms with Crippen LogP contribution in [-0.2, 0) is 0 Å². The quantitative estimate of drug-likeness (QED) is 0.637. The van der Waals surface area contributed by atoms with Gasteiger partial charge in [-0.3, -0.25) is 4.79 Å². The fourth-order valence-electron chi connectivity index (χ4n) is 1.96. The summed E-state index contributed by atoms with van der Waals surface area (Å²) in [5, 5.41) is 0. The molecular weight excluding hydrogens is 212 g/mol. The summed E-state index contributed by atoms with van der Waals surface area (Å²) in [6.07, 6.45) is 3.97. The van der Waals surface area contributed by atoms with E-state index in [9.17, 15) is 4.79 Å². The number of carbonyl (C=O) groups excluding carboxylic acids is 1. The standard InChI is InChI=1S/C14H18N2O/c1-3-9-16(11-7-8-11)14(17)12-5-4-6-13(15)10(12)2/h3-6,11H,1,7-9,15H2,2H3. The molecule has 0 heterocycles. The van der Waals surface area contributed by atoms with Gasteiger partial charge in [-0.05, 0) is 37.5 Å². The molecule has 0 aliphatic heterocycles. The SMILES string of the molecule is C=CCN(C(=O)c1cccc(N)c1C)C1CC1. The van der Waals surface area contributed by atoms with Crippen LogP contribution in [0.3, 0.4) is 0 Å². The molecule has 0 saturated heterocycles. The number of benzene rings is 1. The predicted octanol–water partition coefficient (Wildman–Crippen LogP) is 2.37. The number of amides is 1. The lowest BCUT2D eigenvalue weighted by molar-refractivity contribution is 0.0762. The van der Waals surface area contributed by atoms with Crippen LogP contribution < -0.4 is 5.73 Å². The van der Waals surface area contributed by atoms with Crippen molar-refractivity contribution in [2.75, 3.05) is 12.3 Å². The molecule has 1 aromatic carbocycles. The molecule has 1 fully saturated rings. The Balaban J connectivity index is 2.28. The predicted molar refractivity (Wildman–Crippen MR) is 69.8 cm³/mol. The van der Waals surface area contributed by atoms with Crippen molar-refractivity contribution in [1.29, 1.82) is 0 Å². The molecule has 90 valence electrons. The van der Waals surface area contributed by atoms with Crippen molar-refractivity contribution >= 4 is 11.6 Å². The molecule has 0 atom stereocenters. The lowest BCUT2D eigenvalue weighted by Crippen LogP contribution is -2.33. The Kier molecular flexibility index (Phi) is 3.18. The van der Waals surface area contributed by atoms with Gasteiger partial charge in [0.25, 0.3) is 5.91 Å². The number of hydrogen-bond acceptors (Lipinski definition) is 2. The van der Waals surface area contributed by atoms with Crippen LogP contribution in [-0.4, -0.2) is 23.4 Å². The van der Waals surface area contributed by atoms with Gasteiger partial charge in [0, 0.05) is 23.8 Å². The number of anilines is 1. The summed E-state index contributed by atoms with van der Waals surface area (Å²) in [4.78, 5) is 14.3. The van der Waals surface area contributed by atoms with Gasteiger partial charge in [-0.25, -0.2) is 0 Å². The highest BCUT2D eigenvalue weighted by molar-refractivity contribution is 5.97. The lowest BCUT2D eigenvalue weighted by atomic mass is 10.1. The third-order valence-corrected chi connectivity index (χ3v) is 3.18. The first-order valence-corrected chi connectivity index (χ1v) is 5.92. The number of nitrogens with two attached hydrogens (primary N) is 1. The topological polar surface area (TPSA) is 46.3 Å². The maximum atomic E-state index is 12.4. The molecule has 0 spiro atoms. The molecular formula is C14H18N2O. The summed E-state index contributed by atoms with van der Waals surface area (Å²) in [6.45, 7) is 6.21. The largest absolute Gasteiger partial charge is 0.398 e. The molecule has 3 nitrogen and oxygen atoms in total. The number of nitrogen functional groups attached to an aromatic ring is 1. The molecule has 2 N–H and O–H groups in total. The Morgan fingerprint density at radius 3 is 2.88 bits per heavy atom. The van der Waals surface area contributed by atoms with Crippen LogP contribution in [0, 0.1) is 6.92 Å². The van der Waals surface area contributed by atoms with Gasteiger partial charge in [-0.15, -0.1) is 6.58 Å². The Morgan fingerprint density at radius 1 is 1.59 bits per heavy atom. The van der Waals surface area contributed by atoms with Crippen molar-refractivity contribution in [3.8, 4) is 0 Å². The Bertz CT molecular complexity index is 450. The van der Waals surface area contributed by atoms with Crippen LogP contribution in [0.15, 0.2) is 30.9 Å². The summed E-state index contributed by atoms with van der Waals surface area (Å²) < 4.78 is 0. The van der Waals surface area contributed by atoms with Gasteiger partial charge in [0.1, 0.15) is 0 Å². The van der Waals surface area contributed by atoms with Crippen molar-refractivity contribution < 1.29 is 4.79 Å². The highest BCUT2D eigenvalue weighted by Crippen LogP contribution is 2.29.